The third kappa shape index (κ3) is 3.14. The third-order valence-corrected chi connectivity index (χ3v) is 6.99. The summed E-state index contributed by atoms with van der Waals surface area (Å²) in [5.41, 5.74) is 0. The van der Waals surface area contributed by atoms with Gasteiger partial charge in [0.2, 0.25) is 0 Å². The molecule has 90 valence electrons. The van der Waals surface area contributed by atoms with E-state index in [9.17, 15) is 0 Å². The van der Waals surface area contributed by atoms with Gasteiger partial charge in [-0.25, -0.2) is 0 Å². The monoisotopic (exact) mass is 237 g/mol. The predicted molar refractivity (Wildman–Crippen MR) is 71.1 cm³/mol. The van der Waals surface area contributed by atoms with Crippen molar-refractivity contribution >= 4 is 8.07 Å². The highest BCUT2D eigenvalue weighted by Crippen LogP contribution is 2.24. The molecule has 1 saturated heterocycles. The van der Waals surface area contributed by atoms with Crippen molar-refractivity contribution in [3.05, 3.63) is 24.1 Å². The first kappa shape index (κ1) is 11.8. The first-order valence-electron chi connectivity index (χ1n) is 6.42. The molecule has 0 radical (unpaired) electrons. The number of hydrogen-bond donors (Lipinski definition) is 0. The minimum Gasteiger partial charge on any atom is -0.475 e. The van der Waals surface area contributed by atoms with E-state index in [-0.39, 0.29) is 0 Å². The zero-order chi connectivity index (χ0) is 11.4. The number of nitrogens with zero attached hydrogens (tertiary/aromatic N) is 1. The van der Waals surface area contributed by atoms with Crippen LogP contribution in [0.5, 0.6) is 0 Å². The molecule has 0 N–H and O–H groups in total. The van der Waals surface area contributed by atoms with E-state index in [1.54, 1.807) is 0 Å². The summed E-state index contributed by atoms with van der Waals surface area (Å²) in [5, 5.41) is 0. The normalized spacial score (nSPS) is 25.4. The highest BCUT2D eigenvalue weighted by atomic mass is 28.3. The summed E-state index contributed by atoms with van der Waals surface area (Å²) >= 11 is 0. The summed E-state index contributed by atoms with van der Waals surface area (Å²) in [5.74, 6) is 1.09. The first-order valence-corrected chi connectivity index (χ1v) is 9.83. The van der Waals surface area contributed by atoms with Gasteiger partial charge in [-0.2, -0.15) is 0 Å². The van der Waals surface area contributed by atoms with E-state index in [0.717, 1.165) is 12.5 Å². The van der Waals surface area contributed by atoms with E-state index >= 15 is 0 Å². The van der Waals surface area contributed by atoms with Crippen LogP contribution in [0.2, 0.25) is 25.2 Å². The fraction of sp³-hybridized carbons (Fsp3) is 0.692. The van der Waals surface area contributed by atoms with E-state index in [2.05, 4.69) is 36.2 Å². The summed E-state index contributed by atoms with van der Waals surface area (Å²) < 4.78 is 5.68. The van der Waals surface area contributed by atoms with Crippen LogP contribution in [0.3, 0.4) is 0 Å². The Bertz CT molecular complexity index is 284. The minimum atomic E-state index is -0.853. The van der Waals surface area contributed by atoms with Crippen LogP contribution in [-0.2, 0) is 4.74 Å². The van der Waals surface area contributed by atoms with Crippen molar-refractivity contribution in [2.24, 2.45) is 0 Å². The van der Waals surface area contributed by atoms with Crippen molar-refractivity contribution < 1.29 is 4.74 Å². The van der Waals surface area contributed by atoms with Gasteiger partial charge >= 0.3 is 0 Å². The molecule has 16 heavy (non-hydrogen) atoms. The average Bonchev–Trinajstić information content (AvgIpc) is 2.25. The van der Waals surface area contributed by atoms with E-state index < -0.39 is 8.07 Å². The Balaban J connectivity index is 1.93. The molecule has 3 heteroatoms. The molecule has 2 rings (SSSR count). The maximum Gasteiger partial charge on any atom is 0.189 e. The van der Waals surface area contributed by atoms with E-state index in [0.29, 0.717) is 0 Å². The Morgan fingerprint density at radius 3 is 2.44 bits per heavy atom. The molecule has 2 aliphatic heterocycles. The van der Waals surface area contributed by atoms with Crippen molar-refractivity contribution in [2.45, 2.75) is 38.0 Å². The van der Waals surface area contributed by atoms with Gasteiger partial charge in [0.25, 0.3) is 0 Å². The van der Waals surface area contributed by atoms with Crippen LogP contribution in [0, 0.1) is 0 Å². The van der Waals surface area contributed by atoms with Gasteiger partial charge in [-0.05, 0) is 25.0 Å². The molecule has 1 fully saturated rings. The summed E-state index contributed by atoms with van der Waals surface area (Å²) in [6.07, 6.45) is 8.95. The molecule has 0 aliphatic carbocycles. The van der Waals surface area contributed by atoms with Crippen molar-refractivity contribution in [1.29, 1.82) is 0 Å². The van der Waals surface area contributed by atoms with Gasteiger partial charge in [-0.1, -0.05) is 31.3 Å². The largest absolute Gasteiger partial charge is 0.475 e. The molecule has 0 aromatic rings. The van der Waals surface area contributed by atoms with Gasteiger partial charge in [-0.3, -0.25) is 0 Å². The van der Waals surface area contributed by atoms with Gasteiger partial charge in [0, 0.05) is 21.2 Å². The molecule has 0 bridgehead atoms. The standard InChI is InChI=1S/C13H23NOSi/c1-16(2)11-5-8-14(9-6-12-16)13-7-3-4-10-15-13/h3-4,7H,5-6,8-12H2,1-2H3. The SMILES string of the molecule is C[Si]1(C)CCCN(C2=CC=CCO2)CCC1. The maximum absolute atomic E-state index is 5.68. The fourth-order valence-electron chi connectivity index (χ4n) is 2.54. The van der Waals surface area contributed by atoms with Crippen LogP contribution >= 0.6 is 0 Å². The van der Waals surface area contributed by atoms with E-state index in [1.807, 2.05) is 0 Å². The molecular weight excluding hydrogens is 214 g/mol. The predicted octanol–water partition coefficient (Wildman–Crippen LogP) is 3.22. The van der Waals surface area contributed by atoms with Crippen molar-refractivity contribution in [1.82, 2.24) is 4.90 Å². The van der Waals surface area contributed by atoms with Crippen LogP contribution in [0.1, 0.15) is 12.8 Å². The van der Waals surface area contributed by atoms with Crippen LogP contribution < -0.4 is 0 Å². The van der Waals surface area contributed by atoms with Gasteiger partial charge in [0.15, 0.2) is 5.88 Å². The maximum atomic E-state index is 5.68. The Labute approximate surface area is 100.0 Å². The molecule has 2 nitrogen and oxygen atoms in total. The van der Waals surface area contributed by atoms with Crippen molar-refractivity contribution in [2.75, 3.05) is 19.7 Å². The van der Waals surface area contributed by atoms with Gasteiger partial charge in [0.05, 0.1) is 0 Å². The lowest BCUT2D eigenvalue weighted by molar-refractivity contribution is 0.126. The third-order valence-electron chi connectivity index (χ3n) is 3.58. The molecule has 0 amide bonds. The van der Waals surface area contributed by atoms with Gasteiger partial charge < -0.3 is 9.64 Å². The molecule has 0 aromatic carbocycles. The molecule has 2 heterocycles. The number of ether oxygens (including phenoxy) is 1. The lowest BCUT2D eigenvalue weighted by Gasteiger charge is -2.33. The Morgan fingerprint density at radius 2 is 1.88 bits per heavy atom. The smallest absolute Gasteiger partial charge is 0.189 e. The number of allylic oxidation sites excluding steroid dienone is 2. The fourth-order valence-corrected chi connectivity index (χ4v) is 5.02. The van der Waals surface area contributed by atoms with Crippen LogP contribution in [0.25, 0.3) is 0 Å². The summed E-state index contributed by atoms with van der Waals surface area (Å²) in [4.78, 5) is 2.42. The minimum absolute atomic E-state index is 0.739. The van der Waals surface area contributed by atoms with Crippen molar-refractivity contribution in [3.63, 3.8) is 0 Å². The Morgan fingerprint density at radius 1 is 1.19 bits per heavy atom. The topological polar surface area (TPSA) is 12.5 Å². The van der Waals surface area contributed by atoms with E-state index in [1.165, 1.54) is 38.0 Å². The van der Waals surface area contributed by atoms with Crippen molar-refractivity contribution in [3.8, 4) is 0 Å². The van der Waals surface area contributed by atoms with Gasteiger partial charge in [-0.15, -0.1) is 0 Å². The molecule has 0 spiro atoms. The number of rotatable bonds is 1. The molecule has 2 aliphatic rings. The van der Waals surface area contributed by atoms with Crippen LogP contribution in [0.15, 0.2) is 24.1 Å². The first-order chi connectivity index (χ1) is 7.67. The lowest BCUT2D eigenvalue weighted by Crippen LogP contribution is -2.35. The molecule has 0 atom stereocenters. The quantitative estimate of drug-likeness (QED) is 0.649. The van der Waals surface area contributed by atoms with E-state index in [4.69, 9.17) is 4.74 Å². The van der Waals surface area contributed by atoms with Crippen LogP contribution in [0.4, 0.5) is 0 Å². The second-order valence-electron chi connectivity index (χ2n) is 5.60. The zero-order valence-electron chi connectivity index (χ0n) is 10.5. The second-order valence-corrected chi connectivity index (χ2v) is 10.9. The summed E-state index contributed by atoms with van der Waals surface area (Å²) in [7, 11) is -0.853. The highest BCUT2D eigenvalue weighted by molar-refractivity contribution is 6.77. The Hall–Kier alpha value is -0.703. The zero-order valence-corrected chi connectivity index (χ0v) is 11.5. The summed E-state index contributed by atoms with van der Waals surface area (Å²) in [6, 6.07) is 2.93. The van der Waals surface area contributed by atoms with Crippen LogP contribution in [-0.4, -0.2) is 32.7 Å². The molecule has 0 aromatic heterocycles. The molecule has 0 unspecified atom stereocenters. The average molecular weight is 237 g/mol. The van der Waals surface area contributed by atoms with Gasteiger partial charge in [0.1, 0.15) is 6.61 Å². The highest BCUT2D eigenvalue weighted by Gasteiger charge is 2.24. The molecule has 0 saturated carbocycles. The molecular formula is C13H23NOSi. The second kappa shape index (κ2) is 5.08. The Kier molecular flexibility index (Phi) is 3.74. The number of hydrogen-bond acceptors (Lipinski definition) is 2. The lowest BCUT2D eigenvalue weighted by atomic mass is 10.3. The summed E-state index contributed by atoms with van der Waals surface area (Å²) in [6.45, 7) is 8.15.